The van der Waals surface area contributed by atoms with Crippen LogP contribution >= 0.6 is 15.9 Å². The van der Waals surface area contributed by atoms with Crippen LogP contribution in [0.2, 0.25) is 0 Å². The summed E-state index contributed by atoms with van der Waals surface area (Å²) in [5.41, 5.74) is 0.725. The summed E-state index contributed by atoms with van der Waals surface area (Å²) in [5.74, 6) is 0.632. The van der Waals surface area contributed by atoms with Crippen LogP contribution in [0.4, 0.5) is 5.69 Å². The zero-order valence-corrected chi connectivity index (χ0v) is 10.9. The number of carbonyl (C=O) groups excluding carboxylic acids is 1. The van der Waals surface area contributed by atoms with Gasteiger partial charge in [0, 0.05) is 11.8 Å². The Balaban J connectivity index is 2.63. The van der Waals surface area contributed by atoms with Gasteiger partial charge in [0.05, 0.1) is 18.1 Å². The first kappa shape index (κ1) is 13.0. The fraction of sp³-hybridized carbons (Fsp3) is 0.364. The molecule has 1 rings (SSSR count). The average molecular weight is 287 g/mol. The molecule has 0 unspecified atom stereocenters. The van der Waals surface area contributed by atoms with Crippen LogP contribution in [0.15, 0.2) is 22.7 Å². The third-order valence-corrected chi connectivity index (χ3v) is 2.63. The number of methoxy groups -OCH3 is 1. The molecule has 0 aromatic heterocycles. The second-order valence-corrected chi connectivity index (χ2v) is 4.03. The van der Waals surface area contributed by atoms with E-state index in [2.05, 4.69) is 26.6 Å². The molecule has 0 saturated heterocycles. The number of anilines is 1. The van der Waals surface area contributed by atoms with E-state index in [4.69, 9.17) is 4.74 Å². The van der Waals surface area contributed by atoms with Crippen molar-refractivity contribution in [1.29, 1.82) is 0 Å². The van der Waals surface area contributed by atoms with Gasteiger partial charge in [-0.3, -0.25) is 4.79 Å². The van der Waals surface area contributed by atoms with E-state index in [0.29, 0.717) is 12.3 Å². The molecule has 0 fully saturated rings. The summed E-state index contributed by atoms with van der Waals surface area (Å²) in [7, 11) is 1.59. The highest BCUT2D eigenvalue weighted by Gasteiger charge is 2.04. The van der Waals surface area contributed by atoms with E-state index in [1.807, 2.05) is 19.1 Å². The number of likely N-dealkylation sites (N-methyl/N-ethyl adjacent to an activating group) is 1. The fourth-order valence-corrected chi connectivity index (χ4v) is 1.59. The normalized spacial score (nSPS) is 9.94. The van der Waals surface area contributed by atoms with Crippen LogP contribution in [-0.2, 0) is 4.79 Å². The minimum Gasteiger partial charge on any atom is -0.495 e. The summed E-state index contributed by atoms with van der Waals surface area (Å²) in [6.07, 6.45) is 0. The van der Waals surface area contributed by atoms with Crippen molar-refractivity contribution < 1.29 is 9.53 Å². The Kier molecular flexibility index (Phi) is 5.28. The molecular weight excluding hydrogens is 272 g/mol. The van der Waals surface area contributed by atoms with Gasteiger partial charge in [-0.15, -0.1) is 0 Å². The van der Waals surface area contributed by atoms with Gasteiger partial charge in [-0.2, -0.15) is 0 Å². The van der Waals surface area contributed by atoms with Gasteiger partial charge in [-0.05, 0) is 34.6 Å². The summed E-state index contributed by atoms with van der Waals surface area (Å²) in [5, 5.41) is 5.73. The highest BCUT2D eigenvalue weighted by atomic mass is 79.9. The zero-order chi connectivity index (χ0) is 12.0. The van der Waals surface area contributed by atoms with E-state index in [9.17, 15) is 4.79 Å². The number of amides is 1. The molecule has 4 nitrogen and oxygen atoms in total. The number of benzene rings is 1. The summed E-state index contributed by atoms with van der Waals surface area (Å²) in [6, 6.07) is 5.42. The van der Waals surface area contributed by atoms with Crippen molar-refractivity contribution in [2.45, 2.75) is 6.92 Å². The SMILES string of the molecule is CCNCC(=O)Nc1ccc(Br)c(OC)c1. The highest BCUT2D eigenvalue weighted by Crippen LogP contribution is 2.27. The van der Waals surface area contributed by atoms with E-state index in [1.54, 1.807) is 13.2 Å². The maximum absolute atomic E-state index is 11.4. The first-order chi connectivity index (χ1) is 7.67. The first-order valence-electron chi connectivity index (χ1n) is 5.01. The lowest BCUT2D eigenvalue weighted by molar-refractivity contribution is -0.115. The summed E-state index contributed by atoms with van der Waals surface area (Å²) in [6.45, 7) is 3.04. The molecule has 0 heterocycles. The second-order valence-electron chi connectivity index (χ2n) is 3.18. The molecule has 1 amide bonds. The van der Waals surface area contributed by atoms with Crippen LogP contribution in [0.3, 0.4) is 0 Å². The standard InChI is InChI=1S/C11H15BrN2O2/c1-3-13-7-11(15)14-8-4-5-9(12)10(6-8)16-2/h4-6,13H,3,7H2,1-2H3,(H,14,15). The molecular formula is C11H15BrN2O2. The molecule has 2 N–H and O–H groups in total. The van der Waals surface area contributed by atoms with Crippen molar-refractivity contribution in [3.05, 3.63) is 22.7 Å². The van der Waals surface area contributed by atoms with Crippen LogP contribution < -0.4 is 15.4 Å². The average Bonchev–Trinajstić information content (AvgIpc) is 2.29. The van der Waals surface area contributed by atoms with Gasteiger partial charge < -0.3 is 15.4 Å². The van der Waals surface area contributed by atoms with Crippen molar-refractivity contribution in [3.8, 4) is 5.75 Å². The Morgan fingerprint density at radius 3 is 2.88 bits per heavy atom. The summed E-state index contributed by atoms with van der Waals surface area (Å²) in [4.78, 5) is 11.4. The Bertz CT molecular complexity index is 369. The smallest absolute Gasteiger partial charge is 0.238 e. The monoisotopic (exact) mass is 286 g/mol. The fourth-order valence-electron chi connectivity index (χ4n) is 1.18. The molecule has 16 heavy (non-hydrogen) atoms. The molecule has 0 aliphatic heterocycles. The van der Waals surface area contributed by atoms with Gasteiger partial charge in [0.15, 0.2) is 0 Å². The minimum atomic E-state index is -0.0637. The Hall–Kier alpha value is -1.07. The van der Waals surface area contributed by atoms with E-state index in [0.717, 1.165) is 16.7 Å². The molecule has 0 saturated carbocycles. The van der Waals surface area contributed by atoms with Crippen LogP contribution in [0, 0.1) is 0 Å². The topological polar surface area (TPSA) is 50.4 Å². The van der Waals surface area contributed by atoms with E-state index in [-0.39, 0.29) is 5.91 Å². The summed E-state index contributed by atoms with van der Waals surface area (Å²) >= 11 is 3.35. The minimum absolute atomic E-state index is 0.0637. The van der Waals surface area contributed by atoms with Crippen LogP contribution in [-0.4, -0.2) is 26.1 Å². The van der Waals surface area contributed by atoms with E-state index in [1.165, 1.54) is 0 Å². The number of hydrogen-bond donors (Lipinski definition) is 2. The van der Waals surface area contributed by atoms with Crippen molar-refractivity contribution in [2.75, 3.05) is 25.5 Å². The number of nitrogens with one attached hydrogen (secondary N) is 2. The quantitative estimate of drug-likeness (QED) is 0.871. The van der Waals surface area contributed by atoms with Crippen LogP contribution in [0.5, 0.6) is 5.75 Å². The molecule has 0 atom stereocenters. The predicted octanol–water partition coefficient (Wildman–Crippen LogP) is 2.01. The van der Waals surface area contributed by atoms with Crippen LogP contribution in [0.1, 0.15) is 6.92 Å². The van der Waals surface area contributed by atoms with Crippen molar-refractivity contribution in [1.82, 2.24) is 5.32 Å². The number of ether oxygens (including phenoxy) is 1. The number of carbonyl (C=O) groups is 1. The summed E-state index contributed by atoms with van der Waals surface area (Å²) < 4.78 is 6.00. The molecule has 88 valence electrons. The third kappa shape index (κ3) is 3.83. The molecule has 0 bridgehead atoms. The Morgan fingerprint density at radius 2 is 2.25 bits per heavy atom. The third-order valence-electron chi connectivity index (χ3n) is 1.97. The maximum Gasteiger partial charge on any atom is 0.238 e. The van der Waals surface area contributed by atoms with Crippen molar-refractivity contribution >= 4 is 27.5 Å². The zero-order valence-electron chi connectivity index (χ0n) is 9.34. The maximum atomic E-state index is 11.4. The number of hydrogen-bond acceptors (Lipinski definition) is 3. The van der Waals surface area contributed by atoms with Gasteiger partial charge in [0.25, 0.3) is 0 Å². The van der Waals surface area contributed by atoms with E-state index < -0.39 is 0 Å². The lowest BCUT2D eigenvalue weighted by Gasteiger charge is -2.08. The second kappa shape index (κ2) is 6.50. The van der Waals surface area contributed by atoms with Gasteiger partial charge >= 0.3 is 0 Å². The molecule has 1 aromatic rings. The lowest BCUT2D eigenvalue weighted by atomic mass is 10.3. The predicted molar refractivity (Wildman–Crippen MR) is 67.9 cm³/mol. The molecule has 0 spiro atoms. The molecule has 5 heteroatoms. The van der Waals surface area contributed by atoms with Crippen molar-refractivity contribution in [3.63, 3.8) is 0 Å². The highest BCUT2D eigenvalue weighted by molar-refractivity contribution is 9.10. The molecule has 1 aromatic carbocycles. The number of halogens is 1. The van der Waals surface area contributed by atoms with E-state index >= 15 is 0 Å². The van der Waals surface area contributed by atoms with Gasteiger partial charge in [0.1, 0.15) is 5.75 Å². The largest absolute Gasteiger partial charge is 0.495 e. The van der Waals surface area contributed by atoms with Crippen molar-refractivity contribution in [2.24, 2.45) is 0 Å². The Labute approximate surface area is 103 Å². The van der Waals surface area contributed by atoms with Gasteiger partial charge in [-0.25, -0.2) is 0 Å². The van der Waals surface area contributed by atoms with Gasteiger partial charge in [-0.1, -0.05) is 6.92 Å². The molecule has 0 aliphatic carbocycles. The lowest BCUT2D eigenvalue weighted by Crippen LogP contribution is -2.27. The van der Waals surface area contributed by atoms with Gasteiger partial charge in [0.2, 0.25) is 5.91 Å². The molecule has 0 radical (unpaired) electrons. The molecule has 0 aliphatic rings. The number of rotatable bonds is 5. The Morgan fingerprint density at radius 1 is 1.50 bits per heavy atom. The van der Waals surface area contributed by atoms with Crippen LogP contribution in [0.25, 0.3) is 0 Å². The first-order valence-corrected chi connectivity index (χ1v) is 5.80.